The van der Waals surface area contributed by atoms with E-state index in [1.807, 2.05) is 44.2 Å². The van der Waals surface area contributed by atoms with Gasteiger partial charge in [-0.15, -0.1) is 0 Å². The summed E-state index contributed by atoms with van der Waals surface area (Å²) in [5, 5.41) is 9.42. The normalized spacial score (nSPS) is 12.4. The smallest absolute Gasteiger partial charge is 0.224 e. The third kappa shape index (κ3) is 6.37. The number of carbonyl (C=O) groups excluding carboxylic acids is 1. The number of hydrogen-bond donors (Lipinski definition) is 3. The van der Waals surface area contributed by atoms with Crippen molar-refractivity contribution in [1.29, 1.82) is 0 Å². The Bertz CT molecular complexity index is 835. The van der Waals surface area contributed by atoms with Crippen LogP contribution in [0.3, 0.4) is 0 Å². The molecule has 1 amide bonds. The van der Waals surface area contributed by atoms with Gasteiger partial charge in [-0.1, -0.05) is 31.2 Å². The van der Waals surface area contributed by atoms with E-state index in [9.17, 15) is 9.18 Å². The number of aliphatic imine (C=N–C) groups is 1. The summed E-state index contributed by atoms with van der Waals surface area (Å²) in [4.78, 5) is 16.0. The Kier molecular flexibility index (Phi) is 7.99. The van der Waals surface area contributed by atoms with Crippen LogP contribution >= 0.6 is 0 Å². The molecule has 0 fully saturated rings. The molecular weight excluding hydrogens is 355 g/mol. The second kappa shape index (κ2) is 10.4. The minimum atomic E-state index is -0.212. The second-order valence-electron chi connectivity index (χ2n) is 6.80. The molecule has 3 N–H and O–H groups in total. The number of guanidine groups is 1. The Balaban J connectivity index is 1.94. The lowest BCUT2D eigenvalue weighted by Gasteiger charge is -2.19. The van der Waals surface area contributed by atoms with Gasteiger partial charge >= 0.3 is 0 Å². The lowest BCUT2D eigenvalue weighted by Crippen LogP contribution is -2.38. The lowest BCUT2D eigenvalue weighted by molar-refractivity contribution is -0.116. The summed E-state index contributed by atoms with van der Waals surface area (Å²) in [6, 6.07) is 12.8. The number of nitrogens with one attached hydrogen (secondary N) is 3. The van der Waals surface area contributed by atoms with E-state index in [1.165, 1.54) is 0 Å². The molecule has 2 aromatic rings. The van der Waals surface area contributed by atoms with Gasteiger partial charge in [0.25, 0.3) is 0 Å². The van der Waals surface area contributed by atoms with Crippen LogP contribution in [0.5, 0.6) is 0 Å². The van der Waals surface area contributed by atoms with Crippen LogP contribution in [0.15, 0.2) is 47.5 Å². The highest BCUT2D eigenvalue weighted by atomic mass is 19.1. The highest BCUT2D eigenvalue weighted by molar-refractivity contribution is 5.90. The molecule has 0 aliphatic heterocycles. The molecule has 0 aromatic heterocycles. The predicted octanol–water partition coefficient (Wildman–Crippen LogP) is 4.30. The fourth-order valence-corrected chi connectivity index (χ4v) is 2.76. The van der Waals surface area contributed by atoms with Crippen molar-refractivity contribution in [2.24, 2.45) is 4.99 Å². The highest BCUT2D eigenvalue weighted by Crippen LogP contribution is 2.16. The first-order valence-corrected chi connectivity index (χ1v) is 9.55. The van der Waals surface area contributed by atoms with Crippen LogP contribution in [0, 0.1) is 12.7 Å². The third-order valence-corrected chi connectivity index (χ3v) is 4.42. The van der Waals surface area contributed by atoms with E-state index < -0.39 is 0 Å². The van der Waals surface area contributed by atoms with E-state index in [0.29, 0.717) is 24.5 Å². The molecule has 6 heteroatoms. The molecule has 0 aliphatic carbocycles. The molecule has 1 atom stereocenters. The molecule has 28 heavy (non-hydrogen) atoms. The molecule has 0 spiro atoms. The summed E-state index contributed by atoms with van der Waals surface area (Å²) in [5.74, 6) is 0.425. The monoisotopic (exact) mass is 384 g/mol. The van der Waals surface area contributed by atoms with Gasteiger partial charge in [0.05, 0.1) is 6.04 Å². The predicted molar refractivity (Wildman–Crippen MR) is 113 cm³/mol. The minimum absolute atomic E-state index is 0.0178. The van der Waals surface area contributed by atoms with Crippen LogP contribution in [0.25, 0.3) is 0 Å². The van der Waals surface area contributed by atoms with Gasteiger partial charge < -0.3 is 16.0 Å². The standard InChI is InChI=1S/C22H29FN4O/c1-5-7-21(28)27-19-9-6-8-17(12-19)14-25-22(24-4)26-16(3)18-11-10-15(2)20(23)13-18/h6,8-13,16H,5,7,14H2,1-4H3,(H,27,28)(H2,24,25,26). The molecule has 2 rings (SSSR count). The van der Waals surface area contributed by atoms with E-state index in [4.69, 9.17) is 0 Å². The van der Waals surface area contributed by atoms with Crippen molar-refractivity contribution in [2.75, 3.05) is 12.4 Å². The van der Waals surface area contributed by atoms with Crippen LogP contribution in [0.2, 0.25) is 0 Å². The van der Waals surface area contributed by atoms with E-state index >= 15 is 0 Å². The fourth-order valence-electron chi connectivity index (χ4n) is 2.76. The lowest BCUT2D eigenvalue weighted by atomic mass is 10.1. The number of benzene rings is 2. The van der Waals surface area contributed by atoms with Crippen molar-refractivity contribution in [3.63, 3.8) is 0 Å². The van der Waals surface area contributed by atoms with Gasteiger partial charge in [0.2, 0.25) is 5.91 Å². The van der Waals surface area contributed by atoms with E-state index in [2.05, 4.69) is 20.9 Å². The van der Waals surface area contributed by atoms with Crippen molar-refractivity contribution < 1.29 is 9.18 Å². The second-order valence-corrected chi connectivity index (χ2v) is 6.80. The van der Waals surface area contributed by atoms with Gasteiger partial charge in [-0.2, -0.15) is 0 Å². The topological polar surface area (TPSA) is 65.5 Å². The Labute approximate surface area is 166 Å². The molecule has 150 valence electrons. The molecular formula is C22H29FN4O. The molecule has 1 unspecified atom stereocenters. The van der Waals surface area contributed by atoms with Crippen LogP contribution in [0.1, 0.15) is 49.4 Å². The Morgan fingerprint density at radius 2 is 2.00 bits per heavy atom. The minimum Gasteiger partial charge on any atom is -0.352 e. The molecule has 2 aromatic carbocycles. The van der Waals surface area contributed by atoms with E-state index in [-0.39, 0.29) is 17.8 Å². The molecule has 0 saturated heterocycles. The van der Waals surface area contributed by atoms with E-state index in [0.717, 1.165) is 23.2 Å². The first-order chi connectivity index (χ1) is 13.4. The fraction of sp³-hybridized carbons (Fsp3) is 0.364. The molecule has 0 aliphatic rings. The number of halogens is 1. The maximum atomic E-state index is 13.8. The first kappa shape index (κ1) is 21.4. The van der Waals surface area contributed by atoms with Gasteiger partial charge in [0, 0.05) is 25.7 Å². The van der Waals surface area contributed by atoms with Crippen LogP contribution < -0.4 is 16.0 Å². The first-order valence-electron chi connectivity index (χ1n) is 9.55. The van der Waals surface area contributed by atoms with Crippen molar-refractivity contribution >= 4 is 17.6 Å². The number of anilines is 1. The Morgan fingerprint density at radius 1 is 1.21 bits per heavy atom. The quantitative estimate of drug-likeness (QED) is 0.493. The number of amides is 1. The van der Waals surface area contributed by atoms with Crippen LogP contribution in [0.4, 0.5) is 10.1 Å². The number of nitrogens with zero attached hydrogens (tertiary/aromatic N) is 1. The average Bonchev–Trinajstić information content (AvgIpc) is 2.67. The summed E-state index contributed by atoms with van der Waals surface area (Å²) in [6.45, 7) is 6.23. The number of hydrogen-bond acceptors (Lipinski definition) is 2. The molecule has 0 bridgehead atoms. The average molecular weight is 384 g/mol. The third-order valence-electron chi connectivity index (χ3n) is 4.42. The zero-order valence-corrected chi connectivity index (χ0v) is 17.0. The maximum Gasteiger partial charge on any atom is 0.224 e. The molecule has 5 nitrogen and oxygen atoms in total. The van der Waals surface area contributed by atoms with Crippen molar-refractivity contribution in [3.8, 4) is 0 Å². The van der Waals surface area contributed by atoms with Crippen molar-refractivity contribution in [1.82, 2.24) is 10.6 Å². The zero-order valence-electron chi connectivity index (χ0n) is 17.0. The largest absolute Gasteiger partial charge is 0.352 e. The summed E-state index contributed by atoms with van der Waals surface area (Å²) in [6.07, 6.45) is 1.33. The number of carbonyl (C=O) groups is 1. The Morgan fingerprint density at radius 3 is 2.68 bits per heavy atom. The van der Waals surface area contributed by atoms with E-state index in [1.54, 1.807) is 26.1 Å². The van der Waals surface area contributed by atoms with Crippen LogP contribution in [-0.2, 0) is 11.3 Å². The molecule has 0 radical (unpaired) electrons. The van der Waals surface area contributed by atoms with Gasteiger partial charge in [0.15, 0.2) is 5.96 Å². The van der Waals surface area contributed by atoms with Gasteiger partial charge in [0.1, 0.15) is 5.82 Å². The summed E-state index contributed by atoms with van der Waals surface area (Å²) in [7, 11) is 1.69. The summed E-state index contributed by atoms with van der Waals surface area (Å²) < 4.78 is 13.8. The molecule has 0 heterocycles. The van der Waals surface area contributed by atoms with Crippen molar-refractivity contribution in [3.05, 3.63) is 65.0 Å². The maximum absolute atomic E-state index is 13.8. The van der Waals surface area contributed by atoms with Crippen LogP contribution in [-0.4, -0.2) is 18.9 Å². The van der Waals surface area contributed by atoms with Gasteiger partial charge in [-0.05, 0) is 55.2 Å². The SMILES string of the molecule is CCCC(=O)Nc1cccc(CNC(=NC)NC(C)c2ccc(C)c(F)c2)c1. The highest BCUT2D eigenvalue weighted by Gasteiger charge is 2.10. The number of rotatable bonds is 7. The van der Waals surface area contributed by atoms with Gasteiger partial charge in [-0.3, -0.25) is 9.79 Å². The Hall–Kier alpha value is -2.89. The zero-order chi connectivity index (χ0) is 20.5. The summed E-state index contributed by atoms with van der Waals surface area (Å²) in [5.41, 5.74) is 3.28. The molecule has 0 saturated carbocycles. The van der Waals surface area contributed by atoms with Crippen molar-refractivity contribution in [2.45, 2.75) is 46.2 Å². The van der Waals surface area contributed by atoms with Gasteiger partial charge in [-0.25, -0.2) is 4.39 Å². The number of aryl methyl sites for hydroxylation is 1. The summed E-state index contributed by atoms with van der Waals surface area (Å²) >= 11 is 0.